The van der Waals surface area contributed by atoms with Gasteiger partial charge in [0.15, 0.2) is 0 Å². The highest BCUT2D eigenvalue weighted by Gasteiger charge is 2.24. The van der Waals surface area contributed by atoms with Crippen molar-refractivity contribution >= 4 is 16.8 Å². The zero-order valence-corrected chi connectivity index (χ0v) is 14.9. The highest BCUT2D eigenvalue weighted by atomic mass is 16.2. The van der Waals surface area contributed by atoms with E-state index in [4.69, 9.17) is 10.1 Å². The first kappa shape index (κ1) is 17.8. The minimum atomic E-state index is -0.00296. The number of hydrogen-bond acceptors (Lipinski definition) is 4. The second-order valence-corrected chi connectivity index (χ2v) is 6.59. The lowest BCUT2D eigenvalue weighted by atomic mass is 9.95. The molecule has 0 saturated carbocycles. The first-order valence-corrected chi connectivity index (χ1v) is 9.26. The topological polar surface area (TPSA) is 65.5 Å². The number of nitrogens with one attached hydrogen (secondary N) is 1. The van der Waals surface area contributed by atoms with Crippen molar-refractivity contribution in [1.29, 1.82) is 0 Å². The van der Waals surface area contributed by atoms with Gasteiger partial charge in [0, 0.05) is 49.3 Å². The third kappa shape index (κ3) is 3.99. The number of unbranched alkanes of at least 4 members (excludes halogenated alkanes) is 2. The quantitative estimate of drug-likeness (QED) is 0.760. The molecule has 0 spiro atoms. The van der Waals surface area contributed by atoms with E-state index < -0.39 is 0 Å². The number of aliphatic hydroxyl groups is 1. The number of carbonyl (C=O) groups excluding carboxylic acids is 1. The Bertz CT molecular complexity index is 745. The van der Waals surface area contributed by atoms with Crippen molar-refractivity contribution in [2.75, 3.05) is 26.2 Å². The van der Waals surface area contributed by atoms with Gasteiger partial charge in [0.25, 0.3) is 5.91 Å². The first-order chi connectivity index (χ1) is 12.2. The Morgan fingerprint density at radius 2 is 2.12 bits per heavy atom. The number of para-hydroxylation sites is 1. The van der Waals surface area contributed by atoms with Gasteiger partial charge in [0.05, 0.1) is 11.1 Å². The molecule has 134 valence electrons. The highest BCUT2D eigenvalue weighted by molar-refractivity contribution is 6.07. The van der Waals surface area contributed by atoms with E-state index in [1.165, 1.54) is 0 Å². The number of carbonyl (C=O) groups is 1. The van der Waals surface area contributed by atoms with E-state index in [0.717, 1.165) is 73.0 Å². The van der Waals surface area contributed by atoms with E-state index in [2.05, 4.69) is 17.1 Å². The molecule has 0 atom stereocenters. The van der Waals surface area contributed by atoms with Gasteiger partial charge in [-0.1, -0.05) is 25.1 Å². The molecule has 1 aromatic carbocycles. The largest absolute Gasteiger partial charge is 0.396 e. The predicted molar refractivity (Wildman–Crippen MR) is 99.7 cm³/mol. The van der Waals surface area contributed by atoms with Gasteiger partial charge in [0.1, 0.15) is 0 Å². The van der Waals surface area contributed by atoms with Gasteiger partial charge in [-0.3, -0.25) is 14.7 Å². The molecule has 2 heterocycles. The molecule has 2 aromatic rings. The molecular formula is C20H27N3O2. The van der Waals surface area contributed by atoms with Crippen molar-refractivity contribution in [3.8, 4) is 0 Å². The molecule has 0 unspecified atom stereocenters. The van der Waals surface area contributed by atoms with Crippen LogP contribution in [0.25, 0.3) is 10.9 Å². The molecular weight excluding hydrogens is 314 g/mol. The van der Waals surface area contributed by atoms with Crippen molar-refractivity contribution in [2.45, 2.75) is 39.2 Å². The Morgan fingerprint density at radius 1 is 1.28 bits per heavy atom. The van der Waals surface area contributed by atoms with E-state index in [9.17, 15) is 4.79 Å². The van der Waals surface area contributed by atoms with Crippen LogP contribution in [0.5, 0.6) is 0 Å². The van der Waals surface area contributed by atoms with Crippen molar-refractivity contribution in [1.82, 2.24) is 15.2 Å². The maximum Gasteiger partial charge on any atom is 0.252 e. The number of amides is 1. The number of pyridine rings is 1. The molecule has 5 heteroatoms. The fraction of sp³-hybridized carbons (Fsp3) is 0.500. The number of hydrogen-bond donors (Lipinski definition) is 2. The summed E-state index contributed by atoms with van der Waals surface area (Å²) in [5.41, 5.74) is 3.84. The number of rotatable bonds is 7. The number of aromatic nitrogens is 1. The van der Waals surface area contributed by atoms with E-state index in [-0.39, 0.29) is 12.5 Å². The van der Waals surface area contributed by atoms with E-state index in [1.807, 2.05) is 24.3 Å². The van der Waals surface area contributed by atoms with Crippen LogP contribution in [0.3, 0.4) is 0 Å². The Balaban J connectivity index is 1.90. The number of fused-ring (bicyclic) bond motifs is 2. The zero-order chi connectivity index (χ0) is 17.6. The lowest BCUT2D eigenvalue weighted by molar-refractivity contribution is 0.0951. The average Bonchev–Trinajstić information content (AvgIpc) is 2.65. The van der Waals surface area contributed by atoms with Gasteiger partial charge in [-0.15, -0.1) is 0 Å². The standard InChI is InChI=1S/C20H27N3O2/c1-2-23-12-10-18-16(14-23)19(15-8-4-5-9-17(15)22-18)20(25)21-11-6-3-7-13-24/h4-5,8-9,24H,2-3,6-7,10-14H2,1H3,(H,21,25). The smallest absolute Gasteiger partial charge is 0.252 e. The second-order valence-electron chi connectivity index (χ2n) is 6.59. The summed E-state index contributed by atoms with van der Waals surface area (Å²) in [7, 11) is 0. The molecule has 5 nitrogen and oxygen atoms in total. The minimum Gasteiger partial charge on any atom is -0.396 e. The van der Waals surface area contributed by atoms with Crippen LogP contribution in [-0.2, 0) is 13.0 Å². The number of aliphatic hydroxyl groups excluding tert-OH is 1. The summed E-state index contributed by atoms with van der Waals surface area (Å²) in [6.45, 7) is 5.77. The van der Waals surface area contributed by atoms with Crippen molar-refractivity contribution < 1.29 is 9.90 Å². The van der Waals surface area contributed by atoms with E-state index in [0.29, 0.717) is 6.54 Å². The maximum absolute atomic E-state index is 13.0. The molecule has 1 aromatic heterocycles. The van der Waals surface area contributed by atoms with Gasteiger partial charge < -0.3 is 10.4 Å². The Hall–Kier alpha value is -1.98. The number of likely N-dealkylation sites (N-methyl/N-ethyl adjacent to an activating group) is 1. The molecule has 1 aliphatic heterocycles. The van der Waals surface area contributed by atoms with Gasteiger partial charge in [-0.05, 0) is 31.9 Å². The van der Waals surface area contributed by atoms with Crippen LogP contribution >= 0.6 is 0 Å². The molecule has 1 amide bonds. The summed E-state index contributed by atoms with van der Waals surface area (Å²) in [6.07, 6.45) is 3.49. The van der Waals surface area contributed by atoms with Crippen LogP contribution in [-0.4, -0.2) is 47.1 Å². The fourth-order valence-corrected chi connectivity index (χ4v) is 3.48. The van der Waals surface area contributed by atoms with Crippen LogP contribution < -0.4 is 5.32 Å². The summed E-state index contributed by atoms with van der Waals surface area (Å²) in [5.74, 6) is -0.00296. The summed E-state index contributed by atoms with van der Waals surface area (Å²) in [4.78, 5) is 20.1. The van der Waals surface area contributed by atoms with Crippen molar-refractivity contribution in [2.24, 2.45) is 0 Å². The molecule has 0 saturated heterocycles. The van der Waals surface area contributed by atoms with Crippen LogP contribution in [0.2, 0.25) is 0 Å². The van der Waals surface area contributed by atoms with Gasteiger partial charge >= 0.3 is 0 Å². The van der Waals surface area contributed by atoms with E-state index >= 15 is 0 Å². The molecule has 0 aliphatic carbocycles. The van der Waals surface area contributed by atoms with Crippen LogP contribution in [0.1, 0.15) is 47.8 Å². The highest BCUT2D eigenvalue weighted by Crippen LogP contribution is 2.28. The molecule has 0 fully saturated rings. The Morgan fingerprint density at radius 3 is 2.92 bits per heavy atom. The number of benzene rings is 1. The lowest BCUT2D eigenvalue weighted by Crippen LogP contribution is -2.34. The summed E-state index contributed by atoms with van der Waals surface area (Å²) in [5, 5.41) is 12.9. The van der Waals surface area contributed by atoms with Crippen LogP contribution in [0, 0.1) is 0 Å². The average molecular weight is 341 g/mol. The lowest BCUT2D eigenvalue weighted by Gasteiger charge is -2.29. The second kappa shape index (κ2) is 8.41. The molecule has 0 bridgehead atoms. The number of nitrogens with zero attached hydrogens (tertiary/aromatic N) is 2. The Labute approximate surface area is 149 Å². The monoisotopic (exact) mass is 341 g/mol. The minimum absolute atomic E-state index is 0.00296. The zero-order valence-electron chi connectivity index (χ0n) is 14.9. The predicted octanol–water partition coefficient (Wildman–Crippen LogP) is 2.51. The van der Waals surface area contributed by atoms with Gasteiger partial charge in [-0.25, -0.2) is 0 Å². The van der Waals surface area contributed by atoms with Gasteiger partial charge in [0.2, 0.25) is 0 Å². The first-order valence-electron chi connectivity index (χ1n) is 9.26. The summed E-state index contributed by atoms with van der Waals surface area (Å²) < 4.78 is 0. The van der Waals surface area contributed by atoms with E-state index in [1.54, 1.807) is 0 Å². The summed E-state index contributed by atoms with van der Waals surface area (Å²) >= 11 is 0. The molecule has 2 N–H and O–H groups in total. The third-order valence-corrected chi connectivity index (χ3v) is 4.92. The molecule has 1 aliphatic rings. The SMILES string of the molecule is CCN1CCc2nc3ccccc3c(C(=O)NCCCCCO)c2C1. The van der Waals surface area contributed by atoms with Crippen molar-refractivity contribution in [3.63, 3.8) is 0 Å². The normalized spacial score (nSPS) is 14.5. The van der Waals surface area contributed by atoms with Crippen LogP contribution in [0.4, 0.5) is 0 Å². The fourth-order valence-electron chi connectivity index (χ4n) is 3.48. The molecule has 0 radical (unpaired) electrons. The molecule has 3 rings (SSSR count). The van der Waals surface area contributed by atoms with Gasteiger partial charge in [-0.2, -0.15) is 0 Å². The van der Waals surface area contributed by atoms with Crippen molar-refractivity contribution in [3.05, 3.63) is 41.1 Å². The summed E-state index contributed by atoms with van der Waals surface area (Å²) in [6, 6.07) is 7.92. The molecule has 25 heavy (non-hydrogen) atoms. The Kier molecular flexibility index (Phi) is 6.00. The van der Waals surface area contributed by atoms with Crippen LogP contribution in [0.15, 0.2) is 24.3 Å². The third-order valence-electron chi connectivity index (χ3n) is 4.92. The maximum atomic E-state index is 13.0.